The molecule has 0 aliphatic heterocycles. The van der Waals surface area contributed by atoms with Crippen LogP contribution in [0, 0.1) is 6.92 Å². The van der Waals surface area contributed by atoms with Gasteiger partial charge >= 0.3 is 0 Å². The van der Waals surface area contributed by atoms with Crippen LogP contribution in [0.3, 0.4) is 0 Å². The Hall–Kier alpha value is -1.69. The first-order valence-corrected chi connectivity index (χ1v) is 6.84. The Kier molecular flexibility index (Phi) is 4.68. The predicted octanol–water partition coefficient (Wildman–Crippen LogP) is 1.35. The molecule has 0 aromatic carbocycles. The summed E-state index contributed by atoms with van der Waals surface area (Å²) in [5.41, 5.74) is 2.31. The van der Waals surface area contributed by atoms with Crippen LogP contribution in [0.4, 0.5) is 0 Å². The van der Waals surface area contributed by atoms with Crippen LogP contribution in [-0.2, 0) is 19.6 Å². The number of aryl methyl sites for hydroxylation is 2. The van der Waals surface area contributed by atoms with Crippen molar-refractivity contribution in [2.24, 2.45) is 0 Å². The molecule has 0 unspecified atom stereocenters. The van der Waals surface area contributed by atoms with Crippen LogP contribution in [0.5, 0.6) is 0 Å². The molecule has 2 heterocycles. The van der Waals surface area contributed by atoms with Gasteiger partial charge in [-0.2, -0.15) is 10.2 Å². The second kappa shape index (κ2) is 6.47. The van der Waals surface area contributed by atoms with E-state index in [-0.39, 0.29) is 0 Å². The first kappa shape index (κ1) is 13.7. The summed E-state index contributed by atoms with van der Waals surface area (Å²) in [5.74, 6) is 0.958. The average Bonchev–Trinajstić information content (AvgIpc) is 2.96. The van der Waals surface area contributed by atoms with E-state index in [4.69, 9.17) is 0 Å². The number of nitrogens with one attached hydrogen (secondary N) is 1. The molecule has 2 rings (SSSR count). The first-order chi connectivity index (χ1) is 9.24. The fourth-order valence-corrected chi connectivity index (χ4v) is 2.03. The lowest BCUT2D eigenvalue weighted by Gasteiger charge is -2.04. The van der Waals surface area contributed by atoms with E-state index < -0.39 is 0 Å². The molecule has 6 heteroatoms. The summed E-state index contributed by atoms with van der Waals surface area (Å²) in [4.78, 5) is 4.31. The molecule has 104 valence electrons. The van der Waals surface area contributed by atoms with Crippen molar-refractivity contribution in [3.8, 4) is 0 Å². The van der Waals surface area contributed by atoms with Gasteiger partial charge in [-0.25, -0.2) is 9.67 Å². The summed E-state index contributed by atoms with van der Waals surface area (Å²) in [6.45, 7) is 9.69. The predicted molar refractivity (Wildman–Crippen MR) is 73.8 cm³/mol. The quantitative estimate of drug-likeness (QED) is 0.818. The van der Waals surface area contributed by atoms with Crippen LogP contribution in [0.15, 0.2) is 12.5 Å². The lowest BCUT2D eigenvalue weighted by molar-refractivity contribution is 0.538. The highest BCUT2D eigenvalue weighted by Crippen LogP contribution is 2.07. The smallest absolute Gasteiger partial charge is 0.148 e. The topological polar surface area (TPSA) is 60.6 Å². The fourth-order valence-electron chi connectivity index (χ4n) is 2.03. The minimum Gasteiger partial charge on any atom is -0.313 e. The Balaban J connectivity index is 2.08. The van der Waals surface area contributed by atoms with Crippen molar-refractivity contribution in [1.82, 2.24) is 29.9 Å². The van der Waals surface area contributed by atoms with Crippen LogP contribution in [-0.4, -0.2) is 31.1 Å². The largest absolute Gasteiger partial charge is 0.313 e. The summed E-state index contributed by atoms with van der Waals surface area (Å²) in [7, 11) is 0. The van der Waals surface area contributed by atoms with Gasteiger partial charge in [0.05, 0.1) is 5.69 Å². The van der Waals surface area contributed by atoms with Crippen molar-refractivity contribution in [2.75, 3.05) is 6.54 Å². The summed E-state index contributed by atoms with van der Waals surface area (Å²) in [6.07, 6.45) is 4.75. The summed E-state index contributed by atoms with van der Waals surface area (Å²) in [5, 5.41) is 12.1. The van der Waals surface area contributed by atoms with E-state index in [1.807, 2.05) is 16.3 Å². The number of aromatic nitrogens is 5. The van der Waals surface area contributed by atoms with E-state index in [1.54, 1.807) is 6.33 Å². The molecule has 19 heavy (non-hydrogen) atoms. The van der Waals surface area contributed by atoms with Crippen LogP contribution in [0.2, 0.25) is 0 Å². The van der Waals surface area contributed by atoms with E-state index in [0.29, 0.717) is 6.54 Å². The maximum atomic E-state index is 4.54. The standard InChI is InChI=1S/C13H22N6/c1-4-6-19-13(15-10-16-19)9-18-8-12(7-14-5-2)11(3)17-18/h8,10,14H,4-7,9H2,1-3H3. The average molecular weight is 262 g/mol. The van der Waals surface area contributed by atoms with Gasteiger partial charge in [0.1, 0.15) is 18.7 Å². The Labute approximate surface area is 113 Å². The van der Waals surface area contributed by atoms with Crippen LogP contribution in [0.25, 0.3) is 0 Å². The zero-order chi connectivity index (χ0) is 13.7. The van der Waals surface area contributed by atoms with E-state index >= 15 is 0 Å². The molecule has 0 bridgehead atoms. The van der Waals surface area contributed by atoms with Crippen molar-refractivity contribution >= 4 is 0 Å². The second-order valence-corrected chi connectivity index (χ2v) is 4.62. The van der Waals surface area contributed by atoms with E-state index in [1.165, 1.54) is 5.56 Å². The third-order valence-corrected chi connectivity index (χ3v) is 3.05. The van der Waals surface area contributed by atoms with Gasteiger partial charge in [-0.3, -0.25) is 4.68 Å². The second-order valence-electron chi connectivity index (χ2n) is 4.62. The maximum absolute atomic E-state index is 4.54. The highest BCUT2D eigenvalue weighted by Gasteiger charge is 2.08. The lowest BCUT2D eigenvalue weighted by atomic mass is 10.2. The van der Waals surface area contributed by atoms with Crippen molar-refractivity contribution in [3.05, 3.63) is 29.6 Å². The van der Waals surface area contributed by atoms with Crippen molar-refractivity contribution < 1.29 is 0 Å². The van der Waals surface area contributed by atoms with Crippen LogP contribution < -0.4 is 5.32 Å². The van der Waals surface area contributed by atoms with E-state index in [9.17, 15) is 0 Å². The molecule has 2 aromatic rings. The van der Waals surface area contributed by atoms with Gasteiger partial charge in [-0.1, -0.05) is 13.8 Å². The SMILES string of the molecule is CCCn1ncnc1Cn1cc(CNCC)c(C)n1. The molecule has 2 aromatic heterocycles. The van der Waals surface area contributed by atoms with Gasteiger partial charge < -0.3 is 5.32 Å². The van der Waals surface area contributed by atoms with Gasteiger partial charge in [0, 0.05) is 24.8 Å². The van der Waals surface area contributed by atoms with Crippen LogP contribution in [0.1, 0.15) is 37.4 Å². The minimum absolute atomic E-state index is 0.674. The normalized spacial score (nSPS) is 11.1. The Morgan fingerprint density at radius 3 is 2.89 bits per heavy atom. The zero-order valence-electron chi connectivity index (χ0n) is 11.9. The number of hydrogen-bond acceptors (Lipinski definition) is 4. The third-order valence-electron chi connectivity index (χ3n) is 3.05. The molecule has 0 aliphatic carbocycles. The van der Waals surface area contributed by atoms with Crippen LogP contribution >= 0.6 is 0 Å². The van der Waals surface area contributed by atoms with Gasteiger partial charge in [0.2, 0.25) is 0 Å². The van der Waals surface area contributed by atoms with Crippen molar-refractivity contribution in [1.29, 1.82) is 0 Å². The molecule has 0 saturated heterocycles. The molecule has 0 atom stereocenters. The van der Waals surface area contributed by atoms with Crippen molar-refractivity contribution in [3.63, 3.8) is 0 Å². The number of rotatable bonds is 7. The summed E-state index contributed by atoms with van der Waals surface area (Å²) >= 11 is 0. The molecule has 0 spiro atoms. The van der Waals surface area contributed by atoms with Gasteiger partial charge in [0.15, 0.2) is 0 Å². The molecule has 0 fully saturated rings. The first-order valence-electron chi connectivity index (χ1n) is 6.84. The molecule has 0 radical (unpaired) electrons. The summed E-state index contributed by atoms with van der Waals surface area (Å²) in [6, 6.07) is 0. The third kappa shape index (κ3) is 3.41. The van der Waals surface area contributed by atoms with Gasteiger partial charge in [-0.15, -0.1) is 0 Å². The highest BCUT2D eigenvalue weighted by atomic mass is 15.4. The van der Waals surface area contributed by atoms with Gasteiger partial charge in [-0.05, 0) is 19.9 Å². The monoisotopic (exact) mass is 262 g/mol. The zero-order valence-corrected chi connectivity index (χ0v) is 11.9. The Morgan fingerprint density at radius 2 is 2.16 bits per heavy atom. The molecule has 1 N–H and O–H groups in total. The molecular weight excluding hydrogens is 240 g/mol. The molecule has 6 nitrogen and oxygen atoms in total. The fraction of sp³-hybridized carbons (Fsp3) is 0.615. The number of hydrogen-bond donors (Lipinski definition) is 1. The number of nitrogens with zero attached hydrogens (tertiary/aromatic N) is 5. The Bertz CT molecular complexity index is 513. The van der Waals surface area contributed by atoms with E-state index in [2.05, 4.69) is 40.5 Å². The molecule has 0 saturated carbocycles. The molecule has 0 amide bonds. The van der Waals surface area contributed by atoms with Gasteiger partial charge in [0.25, 0.3) is 0 Å². The van der Waals surface area contributed by atoms with E-state index in [0.717, 1.165) is 37.6 Å². The molecule has 0 aliphatic rings. The lowest BCUT2D eigenvalue weighted by Crippen LogP contribution is -2.12. The maximum Gasteiger partial charge on any atom is 0.148 e. The Morgan fingerprint density at radius 1 is 1.32 bits per heavy atom. The summed E-state index contributed by atoms with van der Waals surface area (Å²) < 4.78 is 3.89. The molecular formula is C13H22N6. The highest BCUT2D eigenvalue weighted by molar-refractivity contribution is 5.15. The van der Waals surface area contributed by atoms with Crippen molar-refractivity contribution in [2.45, 2.75) is 46.8 Å². The minimum atomic E-state index is 0.674.